The van der Waals surface area contributed by atoms with Crippen molar-refractivity contribution in [3.8, 4) is 0 Å². The molecule has 1 aromatic carbocycles. The summed E-state index contributed by atoms with van der Waals surface area (Å²) in [7, 11) is 0. The summed E-state index contributed by atoms with van der Waals surface area (Å²) in [5.41, 5.74) is 1.80. The van der Waals surface area contributed by atoms with Crippen molar-refractivity contribution in [3.05, 3.63) is 36.0 Å². The summed E-state index contributed by atoms with van der Waals surface area (Å²) < 4.78 is 4.48. The SMILES string of the molecule is CC(=O)OC(=O)Cc1c[nH]c2ccccc12. The quantitative estimate of drug-likeness (QED) is 0.616. The molecule has 0 aliphatic heterocycles. The van der Waals surface area contributed by atoms with Crippen molar-refractivity contribution >= 4 is 22.8 Å². The Kier molecular flexibility index (Phi) is 2.72. The van der Waals surface area contributed by atoms with Crippen LogP contribution in [0.3, 0.4) is 0 Å². The molecule has 4 heteroatoms. The Morgan fingerprint density at radius 2 is 2.06 bits per heavy atom. The van der Waals surface area contributed by atoms with Gasteiger partial charge in [-0.3, -0.25) is 9.59 Å². The summed E-state index contributed by atoms with van der Waals surface area (Å²) in [6.45, 7) is 1.22. The minimum atomic E-state index is -0.579. The van der Waals surface area contributed by atoms with Crippen LogP contribution in [0.15, 0.2) is 30.5 Å². The molecular formula is C12H11NO3. The molecule has 0 spiro atoms. The topological polar surface area (TPSA) is 59.2 Å². The van der Waals surface area contributed by atoms with Crippen molar-refractivity contribution < 1.29 is 14.3 Å². The lowest BCUT2D eigenvalue weighted by molar-refractivity contribution is -0.157. The summed E-state index contributed by atoms with van der Waals surface area (Å²) in [5, 5.41) is 0.975. The number of benzene rings is 1. The molecule has 0 saturated heterocycles. The second-order valence-electron chi connectivity index (χ2n) is 3.50. The zero-order valence-electron chi connectivity index (χ0n) is 8.82. The molecule has 82 valence electrons. The van der Waals surface area contributed by atoms with E-state index in [1.165, 1.54) is 6.92 Å². The van der Waals surface area contributed by atoms with Crippen molar-refractivity contribution in [1.29, 1.82) is 0 Å². The lowest BCUT2D eigenvalue weighted by Gasteiger charge is -1.98. The molecule has 0 radical (unpaired) electrons. The van der Waals surface area contributed by atoms with Crippen LogP contribution in [0.4, 0.5) is 0 Å². The third-order valence-electron chi connectivity index (χ3n) is 2.27. The first-order valence-electron chi connectivity index (χ1n) is 4.93. The van der Waals surface area contributed by atoms with Gasteiger partial charge in [-0.25, -0.2) is 0 Å². The van der Waals surface area contributed by atoms with E-state index in [0.717, 1.165) is 16.5 Å². The van der Waals surface area contributed by atoms with E-state index in [-0.39, 0.29) is 6.42 Å². The zero-order valence-corrected chi connectivity index (χ0v) is 8.82. The highest BCUT2D eigenvalue weighted by molar-refractivity contribution is 5.90. The zero-order chi connectivity index (χ0) is 11.5. The molecule has 2 rings (SSSR count). The fourth-order valence-corrected chi connectivity index (χ4v) is 1.63. The fraction of sp³-hybridized carbons (Fsp3) is 0.167. The number of para-hydroxylation sites is 1. The number of aromatic nitrogens is 1. The lowest BCUT2D eigenvalue weighted by atomic mass is 10.1. The van der Waals surface area contributed by atoms with E-state index < -0.39 is 11.9 Å². The molecule has 2 aromatic rings. The van der Waals surface area contributed by atoms with E-state index in [1.54, 1.807) is 6.20 Å². The van der Waals surface area contributed by atoms with Crippen molar-refractivity contribution in [1.82, 2.24) is 4.98 Å². The van der Waals surface area contributed by atoms with Crippen LogP contribution in [-0.4, -0.2) is 16.9 Å². The van der Waals surface area contributed by atoms with Crippen LogP contribution in [0.1, 0.15) is 12.5 Å². The molecule has 1 heterocycles. The molecular weight excluding hydrogens is 206 g/mol. The van der Waals surface area contributed by atoms with E-state index in [9.17, 15) is 9.59 Å². The number of carbonyl (C=O) groups is 2. The molecule has 16 heavy (non-hydrogen) atoms. The molecule has 0 fully saturated rings. The third kappa shape index (κ3) is 2.11. The van der Waals surface area contributed by atoms with Crippen LogP contribution in [0.25, 0.3) is 10.9 Å². The van der Waals surface area contributed by atoms with Crippen LogP contribution in [0, 0.1) is 0 Å². The maximum atomic E-state index is 11.3. The van der Waals surface area contributed by atoms with Gasteiger partial charge in [0, 0.05) is 24.0 Å². The summed E-state index contributed by atoms with van der Waals surface area (Å²) in [4.78, 5) is 25.0. The minimum Gasteiger partial charge on any atom is -0.393 e. The largest absolute Gasteiger partial charge is 0.393 e. The number of fused-ring (bicyclic) bond motifs is 1. The van der Waals surface area contributed by atoms with Crippen LogP contribution < -0.4 is 0 Å². The van der Waals surface area contributed by atoms with Crippen LogP contribution in [-0.2, 0) is 20.7 Å². The Morgan fingerprint density at radius 3 is 2.81 bits per heavy atom. The predicted octanol–water partition coefficient (Wildman–Crippen LogP) is 1.80. The first-order valence-corrected chi connectivity index (χ1v) is 4.93. The molecule has 0 aliphatic carbocycles. The Labute approximate surface area is 92.2 Å². The van der Waals surface area contributed by atoms with E-state index in [1.807, 2.05) is 24.3 Å². The average molecular weight is 217 g/mol. The second-order valence-corrected chi connectivity index (χ2v) is 3.50. The highest BCUT2D eigenvalue weighted by Gasteiger charge is 2.10. The highest BCUT2D eigenvalue weighted by atomic mass is 16.6. The monoisotopic (exact) mass is 217 g/mol. The predicted molar refractivity (Wildman–Crippen MR) is 58.8 cm³/mol. The van der Waals surface area contributed by atoms with Crippen molar-refractivity contribution in [2.45, 2.75) is 13.3 Å². The minimum absolute atomic E-state index is 0.101. The van der Waals surface area contributed by atoms with Crippen molar-refractivity contribution in [2.24, 2.45) is 0 Å². The molecule has 0 aliphatic rings. The highest BCUT2D eigenvalue weighted by Crippen LogP contribution is 2.18. The first-order chi connectivity index (χ1) is 7.66. The molecule has 0 saturated carbocycles. The van der Waals surface area contributed by atoms with Crippen LogP contribution in [0.2, 0.25) is 0 Å². The maximum Gasteiger partial charge on any atom is 0.317 e. The normalized spacial score (nSPS) is 10.3. The van der Waals surface area contributed by atoms with Crippen LogP contribution >= 0.6 is 0 Å². The van der Waals surface area contributed by atoms with E-state index in [2.05, 4.69) is 9.72 Å². The second kappa shape index (κ2) is 4.18. The van der Waals surface area contributed by atoms with E-state index >= 15 is 0 Å². The Balaban J connectivity index is 2.21. The van der Waals surface area contributed by atoms with Gasteiger partial charge < -0.3 is 9.72 Å². The Bertz CT molecular complexity index is 542. The molecule has 1 N–H and O–H groups in total. The van der Waals surface area contributed by atoms with Gasteiger partial charge in [-0.15, -0.1) is 0 Å². The van der Waals surface area contributed by atoms with Gasteiger partial charge in [0.2, 0.25) is 0 Å². The third-order valence-corrected chi connectivity index (χ3v) is 2.27. The standard InChI is InChI=1S/C12H11NO3/c1-8(14)16-12(15)6-9-7-13-11-5-3-2-4-10(9)11/h2-5,7,13H,6H2,1H3. The maximum absolute atomic E-state index is 11.3. The number of hydrogen-bond acceptors (Lipinski definition) is 3. The van der Waals surface area contributed by atoms with E-state index in [0.29, 0.717) is 0 Å². The number of nitrogens with one attached hydrogen (secondary N) is 1. The van der Waals surface area contributed by atoms with Gasteiger partial charge in [-0.2, -0.15) is 0 Å². The Hall–Kier alpha value is -2.10. The number of rotatable bonds is 2. The van der Waals surface area contributed by atoms with Gasteiger partial charge in [0.25, 0.3) is 0 Å². The average Bonchev–Trinajstić information content (AvgIpc) is 2.61. The number of esters is 2. The number of H-pyrrole nitrogens is 1. The molecule has 0 bridgehead atoms. The van der Waals surface area contributed by atoms with Gasteiger partial charge >= 0.3 is 11.9 Å². The number of aromatic amines is 1. The summed E-state index contributed by atoms with van der Waals surface area (Å²) >= 11 is 0. The Morgan fingerprint density at radius 1 is 1.31 bits per heavy atom. The van der Waals surface area contributed by atoms with Gasteiger partial charge in [-0.1, -0.05) is 18.2 Å². The first kappa shape index (κ1) is 10.4. The van der Waals surface area contributed by atoms with Gasteiger partial charge in [-0.05, 0) is 11.6 Å². The molecule has 1 aromatic heterocycles. The molecule has 4 nitrogen and oxygen atoms in total. The molecule has 0 unspecified atom stereocenters. The summed E-state index contributed by atoms with van der Waals surface area (Å²) in [6, 6.07) is 7.66. The summed E-state index contributed by atoms with van der Waals surface area (Å²) in [6.07, 6.45) is 1.86. The number of carbonyl (C=O) groups excluding carboxylic acids is 2. The van der Waals surface area contributed by atoms with E-state index in [4.69, 9.17) is 0 Å². The van der Waals surface area contributed by atoms with Crippen LogP contribution in [0.5, 0.6) is 0 Å². The van der Waals surface area contributed by atoms with Crippen molar-refractivity contribution in [2.75, 3.05) is 0 Å². The van der Waals surface area contributed by atoms with Gasteiger partial charge in [0.05, 0.1) is 6.42 Å². The summed E-state index contributed by atoms with van der Waals surface area (Å²) in [5.74, 6) is -1.11. The van der Waals surface area contributed by atoms with Crippen molar-refractivity contribution in [3.63, 3.8) is 0 Å². The number of hydrogen-bond donors (Lipinski definition) is 1. The van der Waals surface area contributed by atoms with Gasteiger partial charge in [0.1, 0.15) is 0 Å². The smallest absolute Gasteiger partial charge is 0.317 e. The molecule has 0 atom stereocenters. The molecule has 0 amide bonds. The van der Waals surface area contributed by atoms with Gasteiger partial charge in [0.15, 0.2) is 0 Å². The number of ether oxygens (including phenoxy) is 1. The fourth-order valence-electron chi connectivity index (χ4n) is 1.63. The lowest BCUT2D eigenvalue weighted by Crippen LogP contribution is -2.11.